The van der Waals surface area contributed by atoms with Crippen LogP contribution in [0, 0.1) is 5.82 Å². The summed E-state index contributed by atoms with van der Waals surface area (Å²) in [6, 6.07) is 14.4. The number of amides is 1. The third-order valence-corrected chi connectivity index (χ3v) is 9.46. The molecule has 0 bridgehead atoms. The molecule has 0 radical (unpaired) electrons. The third kappa shape index (κ3) is 7.90. The molecule has 11 heteroatoms. The van der Waals surface area contributed by atoms with Crippen LogP contribution in [-0.4, -0.2) is 60.9 Å². The van der Waals surface area contributed by atoms with Crippen LogP contribution in [0.5, 0.6) is 0 Å². The second-order valence-corrected chi connectivity index (χ2v) is 13.0. The third-order valence-electron chi connectivity index (χ3n) is 7.13. The number of piperazine rings is 1. The van der Waals surface area contributed by atoms with Crippen molar-refractivity contribution in [3.8, 4) is 0 Å². The van der Waals surface area contributed by atoms with Gasteiger partial charge in [0.25, 0.3) is 0 Å². The van der Waals surface area contributed by atoms with Crippen molar-refractivity contribution in [2.75, 3.05) is 18.4 Å². The molecule has 0 saturated carbocycles. The van der Waals surface area contributed by atoms with Gasteiger partial charge in [-0.25, -0.2) is 12.8 Å². The van der Waals surface area contributed by atoms with Crippen LogP contribution in [0.1, 0.15) is 38.3 Å². The largest absolute Gasteiger partial charge is 0.323 e. The van der Waals surface area contributed by atoms with Crippen LogP contribution in [0.2, 0.25) is 5.02 Å². The van der Waals surface area contributed by atoms with Crippen LogP contribution in [0.3, 0.4) is 0 Å². The summed E-state index contributed by atoms with van der Waals surface area (Å²) in [7, 11) is -3.76. The predicted molar refractivity (Wildman–Crippen MR) is 160 cm³/mol. The molecule has 1 aromatic heterocycles. The summed E-state index contributed by atoms with van der Waals surface area (Å²) in [5.41, 5.74) is 1.49. The lowest BCUT2D eigenvalue weighted by molar-refractivity contribution is -0.118. The minimum Gasteiger partial charge on any atom is -0.323 e. The van der Waals surface area contributed by atoms with Gasteiger partial charge < -0.3 is 16.0 Å². The first-order valence-corrected chi connectivity index (χ1v) is 15.6. The first kappa shape index (κ1) is 31.1. The quantitative estimate of drug-likeness (QED) is 0.301. The molecule has 0 unspecified atom stereocenters. The van der Waals surface area contributed by atoms with Gasteiger partial charge in [0.15, 0.2) is 0 Å². The number of rotatable bonds is 11. The molecule has 1 aliphatic rings. The van der Waals surface area contributed by atoms with Crippen LogP contribution < -0.4 is 16.0 Å². The lowest BCUT2D eigenvalue weighted by Gasteiger charge is -2.40. The molecule has 2 heterocycles. The number of sulfonamides is 1. The summed E-state index contributed by atoms with van der Waals surface area (Å²) >= 11 is 6.02. The van der Waals surface area contributed by atoms with Gasteiger partial charge in [-0.15, -0.1) is 0 Å². The number of benzene rings is 2. The van der Waals surface area contributed by atoms with Crippen molar-refractivity contribution in [2.45, 2.75) is 69.1 Å². The van der Waals surface area contributed by atoms with E-state index in [2.05, 4.69) is 20.9 Å². The van der Waals surface area contributed by atoms with E-state index in [0.717, 1.165) is 11.8 Å². The van der Waals surface area contributed by atoms with E-state index in [1.165, 1.54) is 10.5 Å². The van der Waals surface area contributed by atoms with E-state index in [9.17, 15) is 13.2 Å². The molecule has 1 aliphatic heterocycles. The zero-order valence-corrected chi connectivity index (χ0v) is 25.1. The van der Waals surface area contributed by atoms with Crippen LogP contribution in [0.25, 0.3) is 0 Å². The van der Waals surface area contributed by atoms with Crippen molar-refractivity contribution >= 4 is 33.2 Å². The molecule has 1 amide bonds. The standard InChI is InChI=1S/C30H37ClFN5O3S/c1-20(2)35-28(15-22-9-11-23(31)12-10-22)30(38)36-29-19-34-18-27(32)26(29)14-13-24-17-33-16-21(3)37(24)41(39,40)25-7-5-4-6-8-25/h4-12,18-21,24,28,33,35H,13-17H2,1-3H3,(H,36,38)/t21-,24+,28+/m1/s1. The lowest BCUT2D eigenvalue weighted by atomic mass is 10.0. The van der Waals surface area contributed by atoms with E-state index in [0.29, 0.717) is 36.5 Å². The lowest BCUT2D eigenvalue weighted by Crippen LogP contribution is -2.58. The van der Waals surface area contributed by atoms with E-state index in [1.807, 2.05) is 32.9 Å². The maximum atomic E-state index is 15.1. The summed E-state index contributed by atoms with van der Waals surface area (Å²) in [6.45, 7) is 6.72. The van der Waals surface area contributed by atoms with Gasteiger partial charge in [0.1, 0.15) is 5.82 Å². The second kappa shape index (κ2) is 13.8. The normalized spacial score (nSPS) is 18.8. The smallest absolute Gasteiger partial charge is 0.243 e. The monoisotopic (exact) mass is 601 g/mol. The Bertz CT molecular complexity index is 1420. The Kier molecular flexibility index (Phi) is 10.5. The molecule has 8 nitrogen and oxygen atoms in total. The van der Waals surface area contributed by atoms with Gasteiger partial charge in [0.2, 0.25) is 15.9 Å². The van der Waals surface area contributed by atoms with Crippen molar-refractivity contribution in [1.29, 1.82) is 0 Å². The van der Waals surface area contributed by atoms with Crippen LogP contribution in [-0.2, 0) is 27.7 Å². The number of hydrogen-bond donors (Lipinski definition) is 3. The fraction of sp³-hybridized carbons (Fsp3) is 0.400. The number of nitrogens with one attached hydrogen (secondary N) is 3. The number of carbonyl (C=O) groups excluding carboxylic acids is 1. The topological polar surface area (TPSA) is 103 Å². The summed E-state index contributed by atoms with van der Waals surface area (Å²) in [4.78, 5) is 17.6. The van der Waals surface area contributed by atoms with E-state index >= 15 is 4.39 Å². The summed E-state index contributed by atoms with van der Waals surface area (Å²) in [6.07, 6.45) is 3.53. The van der Waals surface area contributed by atoms with Crippen molar-refractivity contribution in [3.05, 3.63) is 89.0 Å². The van der Waals surface area contributed by atoms with Crippen LogP contribution >= 0.6 is 11.6 Å². The maximum Gasteiger partial charge on any atom is 0.243 e. The fourth-order valence-electron chi connectivity index (χ4n) is 5.22. The van der Waals surface area contributed by atoms with Crippen LogP contribution in [0.4, 0.5) is 10.1 Å². The predicted octanol–water partition coefficient (Wildman–Crippen LogP) is 4.41. The highest BCUT2D eigenvalue weighted by atomic mass is 35.5. The SMILES string of the molecule is CC(C)N[C@@H](Cc1ccc(Cl)cc1)C(=O)Nc1cncc(F)c1CC[C@H]1CNC[C@@H](C)N1S(=O)(=O)c1ccccc1. The van der Waals surface area contributed by atoms with Crippen molar-refractivity contribution < 1.29 is 17.6 Å². The molecule has 3 N–H and O–H groups in total. The first-order valence-electron chi connectivity index (χ1n) is 13.8. The Balaban J connectivity index is 1.53. The van der Waals surface area contributed by atoms with E-state index in [4.69, 9.17) is 11.6 Å². The second-order valence-electron chi connectivity index (χ2n) is 10.7. The van der Waals surface area contributed by atoms with Gasteiger partial charge in [-0.2, -0.15) is 4.31 Å². The Hall–Kier alpha value is -2.89. The molecule has 41 heavy (non-hydrogen) atoms. The molecule has 3 atom stereocenters. The molecule has 0 aliphatic carbocycles. The van der Waals surface area contributed by atoms with Crippen molar-refractivity contribution in [3.63, 3.8) is 0 Å². The molecule has 1 fully saturated rings. The molecular weight excluding hydrogens is 565 g/mol. The molecule has 4 rings (SSSR count). The summed E-state index contributed by atoms with van der Waals surface area (Å²) in [5.74, 6) is -0.869. The minimum atomic E-state index is -3.76. The van der Waals surface area contributed by atoms with Gasteiger partial charge in [-0.05, 0) is 56.0 Å². The number of hydrogen-bond acceptors (Lipinski definition) is 6. The highest BCUT2D eigenvalue weighted by molar-refractivity contribution is 7.89. The van der Waals surface area contributed by atoms with Crippen LogP contribution in [0.15, 0.2) is 71.9 Å². The molecule has 220 valence electrons. The first-order chi connectivity index (χ1) is 19.6. The fourth-order valence-corrected chi connectivity index (χ4v) is 7.21. The Morgan fingerprint density at radius 2 is 1.83 bits per heavy atom. The number of carbonyl (C=O) groups is 1. The van der Waals surface area contributed by atoms with Gasteiger partial charge in [0.05, 0.1) is 29.0 Å². The van der Waals surface area contributed by atoms with Gasteiger partial charge in [0, 0.05) is 41.8 Å². The van der Waals surface area contributed by atoms with E-state index < -0.39 is 27.9 Å². The van der Waals surface area contributed by atoms with E-state index in [1.54, 1.807) is 42.5 Å². The van der Waals surface area contributed by atoms with Crippen molar-refractivity contribution in [1.82, 2.24) is 19.9 Å². The highest BCUT2D eigenvalue weighted by Crippen LogP contribution is 2.27. The Morgan fingerprint density at radius 1 is 1.12 bits per heavy atom. The molecule has 1 saturated heterocycles. The van der Waals surface area contributed by atoms with Gasteiger partial charge in [-0.1, -0.05) is 55.8 Å². The zero-order chi connectivity index (χ0) is 29.6. The van der Waals surface area contributed by atoms with Gasteiger partial charge in [-0.3, -0.25) is 9.78 Å². The zero-order valence-electron chi connectivity index (χ0n) is 23.5. The van der Waals surface area contributed by atoms with E-state index in [-0.39, 0.29) is 35.0 Å². The number of pyridine rings is 1. The minimum absolute atomic E-state index is 0.0292. The average molecular weight is 602 g/mol. The summed E-state index contributed by atoms with van der Waals surface area (Å²) < 4.78 is 43.8. The Labute approximate surface area is 246 Å². The maximum absolute atomic E-state index is 15.1. The Morgan fingerprint density at radius 3 is 2.51 bits per heavy atom. The molecule has 2 aromatic carbocycles. The number of aromatic nitrogens is 1. The highest BCUT2D eigenvalue weighted by Gasteiger charge is 2.37. The number of halogens is 2. The van der Waals surface area contributed by atoms with Crippen molar-refractivity contribution in [2.24, 2.45) is 0 Å². The number of anilines is 1. The molecule has 0 spiro atoms. The summed E-state index contributed by atoms with van der Waals surface area (Å²) in [5, 5.41) is 10.1. The molecule has 3 aromatic rings. The number of nitrogens with zero attached hydrogens (tertiary/aromatic N) is 2. The average Bonchev–Trinajstić information content (AvgIpc) is 2.93. The molecular formula is C30H37ClFN5O3S. The van der Waals surface area contributed by atoms with Gasteiger partial charge >= 0.3 is 0 Å².